The van der Waals surface area contributed by atoms with Gasteiger partial charge in [0, 0.05) is 17.3 Å². The molecule has 0 aromatic heterocycles. The molecule has 0 spiro atoms. The number of hydrogen-bond acceptors (Lipinski definition) is 3. The van der Waals surface area contributed by atoms with Gasteiger partial charge in [0.15, 0.2) is 0 Å². The normalized spacial score (nSPS) is 15.2. The lowest BCUT2D eigenvalue weighted by molar-refractivity contribution is 0.0999. The van der Waals surface area contributed by atoms with Crippen molar-refractivity contribution >= 4 is 17.3 Å². The summed E-state index contributed by atoms with van der Waals surface area (Å²) in [4.78, 5) is 15.0. The highest BCUT2D eigenvalue weighted by Gasteiger charge is 2.24. The van der Waals surface area contributed by atoms with Gasteiger partial charge in [0.1, 0.15) is 18.5 Å². The third kappa shape index (κ3) is 4.18. The maximum Gasteiger partial charge on any atom is 0.262 e. The second-order valence-corrected chi connectivity index (χ2v) is 6.61. The Balaban J connectivity index is 1.68. The largest absolute Gasteiger partial charge is 0.491 e. The van der Waals surface area contributed by atoms with E-state index in [0.717, 1.165) is 29.3 Å². The summed E-state index contributed by atoms with van der Waals surface area (Å²) in [7, 11) is 0. The lowest BCUT2D eigenvalue weighted by Gasteiger charge is -2.24. The van der Waals surface area contributed by atoms with E-state index in [-0.39, 0.29) is 12.0 Å². The smallest absolute Gasteiger partial charge is 0.262 e. The molecule has 1 saturated heterocycles. The fourth-order valence-electron chi connectivity index (χ4n) is 2.85. The molecule has 4 heteroatoms. The maximum absolute atomic E-state index is 13.3. The van der Waals surface area contributed by atoms with Gasteiger partial charge in [0.05, 0.1) is 12.3 Å². The van der Waals surface area contributed by atoms with Gasteiger partial charge in [-0.25, -0.2) is 0 Å². The minimum Gasteiger partial charge on any atom is -0.491 e. The fourth-order valence-corrected chi connectivity index (χ4v) is 2.85. The second kappa shape index (κ2) is 7.64. The minimum atomic E-state index is -0.0797. The highest BCUT2D eigenvalue weighted by atomic mass is 16.6. The van der Waals surface area contributed by atoms with E-state index in [0.29, 0.717) is 12.2 Å². The van der Waals surface area contributed by atoms with Crippen LogP contribution in [0.25, 0.3) is 0 Å². The van der Waals surface area contributed by atoms with Crippen LogP contribution in [0, 0.1) is 6.92 Å². The van der Waals surface area contributed by atoms with Crippen molar-refractivity contribution in [3.63, 3.8) is 0 Å². The van der Waals surface area contributed by atoms with Crippen LogP contribution in [0.3, 0.4) is 0 Å². The summed E-state index contributed by atoms with van der Waals surface area (Å²) in [6.45, 7) is 3.29. The van der Waals surface area contributed by atoms with Gasteiger partial charge in [-0.2, -0.15) is 0 Å². The first-order valence-corrected chi connectivity index (χ1v) is 9.01. The van der Waals surface area contributed by atoms with E-state index in [1.165, 1.54) is 0 Å². The van der Waals surface area contributed by atoms with Crippen molar-refractivity contribution in [2.75, 3.05) is 18.1 Å². The van der Waals surface area contributed by atoms with Crippen LogP contribution in [0.1, 0.15) is 15.9 Å². The van der Waals surface area contributed by atoms with Crippen molar-refractivity contribution in [2.24, 2.45) is 0 Å². The maximum atomic E-state index is 13.3. The number of epoxide rings is 1. The zero-order valence-electron chi connectivity index (χ0n) is 15.2. The van der Waals surface area contributed by atoms with Gasteiger partial charge in [-0.05, 0) is 43.3 Å². The molecule has 1 fully saturated rings. The Morgan fingerprint density at radius 2 is 1.70 bits per heavy atom. The van der Waals surface area contributed by atoms with Crippen molar-refractivity contribution < 1.29 is 14.3 Å². The summed E-state index contributed by atoms with van der Waals surface area (Å²) >= 11 is 0. The standard InChI is InChI=1S/C23H21NO3/c1-17-10-12-18(13-11-17)23(25)24(19-6-3-2-4-7-19)20-8-5-9-21(14-20)26-15-22-16-27-22/h2-14,22H,15-16H2,1H3. The molecule has 4 nitrogen and oxygen atoms in total. The number of amides is 1. The molecule has 1 aliphatic rings. The van der Waals surface area contributed by atoms with Crippen LogP contribution in [0.2, 0.25) is 0 Å². The van der Waals surface area contributed by atoms with E-state index in [4.69, 9.17) is 9.47 Å². The molecule has 1 aliphatic heterocycles. The molecule has 0 bridgehead atoms. The molecule has 1 unspecified atom stereocenters. The summed E-state index contributed by atoms with van der Waals surface area (Å²) in [6.07, 6.45) is 0.188. The van der Waals surface area contributed by atoms with Crippen LogP contribution in [0.4, 0.5) is 11.4 Å². The Bertz CT molecular complexity index is 918. The Kier molecular flexibility index (Phi) is 4.90. The average molecular weight is 359 g/mol. The molecular formula is C23H21NO3. The molecule has 3 aromatic carbocycles. The predicted octanol–water partition coefficient (Wildman–Crippen LogP) is 4.75. The molecule has 1 amide bonds. The topological polar surface area (TPSA) is 42.1 Å². The highest BCUT2D eigenvalue weighted by molar-refractivity contribution is 6.11. The van der Waals surface area contributed by atoms with Crippen LogP contribution < -0.4 is 9.64 Å². The van der Waals surface area contributed by atoms with Gasteiger partial charge in [0.25, 0.3) is 5.91 Å². The Labute approximate surface area is 159 Å². The average Bonchev–Trinajstić information content (AvgIpc) is 3.53. The monoisotopic (exact) mass is 359 g/mol. The van der Waals surface area contributed by atoms with Gasteiger partial charge in [-0.15, -0.1) is 0 Å². The molecule has 0 aliphatic carbocycles. The number of carbonyl (C=O) groups excluding carboxylic acids is 1. The first-order valence-electron chi connectivity index (χ1n) is 9.01. The van der Waals surface area contributed by atoms with Gasteiger partial charge < -0.3 is 9.47 Å². The number of nitrogens with zero attached hydrogens (tertiary/aromatic N) is 1. The molecule has 27 heavy (non-hydrogen) atoms. The van der Waals surface area contributed by atoms with Crippen LogP contribution in [0.5, 0.6) is 5.75 Å². The van der Waals surface area contributed by atoms with Gasteiger partial charge in [0.2, 0.25) is 0 Å². The Morgan fingerprint density at radius 3 is 2.41 bits per heavy atom. The number of rotatable bonds is 6. The molecule has 1 heterocycles. The molecule has 3 aromatic rings. The van der Waals surface area contributed by atoms with Crippen LogP contribution in [-0.4, -0.2) is 25.2 Å². The van der Waals surface area contributed by atoms with Crippen LogP contribution in [-0.2, 0) is 4.74 Å². The molecule has 4 rings (SSSR count). The number of carbonyl (C=O) groups is 1. The van der Waals surface area contributed by atoms with E-state index < -0.39 is 0 Å². The SMILES string of the molecule is Cc1ccc(C(=O)N(c2ccccc2)c2cccc(OCC3CO3)c2)cc1. The molecular weight excluding hydrogens is 338 g/mol. The lowest BCUT2D eigenvalue weighted by Crippen LogP contribution is -2.26. The van der Waals surface area contributed by atoms with Crippen molar-refractivity contribution in [1.29, 1.82) is 0 Å². The van der Waals surface area contributed by atoms with Crippen molar-refractivity contribution in [3.8, 4) is 5.75 Å². The van der Waals surface area contributed by atoms with E-state index in [1.54, 1.807) is 4.90 Å². The molecule has 0 radical (unpaired) electrons. The second-order valence-electron chi connectivity index (χ2n) is 6.61. The number of ether oxygens (including phenoxy) is 2. The van der Waals surface area contributed by atoms with Gasteiger partial charge >= 0.3 is 0 Å². The number of aryl methyl sites for hydroxylation is 1. The molecule has 0 saturated carbocycles. The minimum absolute atomic E-state index is 0.0797. The van der Waals surface area contributed by atoms with Crippen molar-refractivity contribution in [3.05, 3.63) is 90.0 Å². The van der Waals surface area contributed by atoms with E-state index in [1.807, 2.05) is 85.8 Å². The first kappa shape index (κ1) is 17.3. The number of benzene rings is 3. The molecule has 0 N–H and O–H groups in total. The third-order valence-corrected chi connectivity index (χ3v) is 4.43. The predicted molar refractivity (Wildman–Crippen MR) is 106 cm³/mol. The summed E-state index contributed by atoms with van der Waals surface area (Å²) in [5, 5.41) is 0. The Morgan fingerprint density at radius 1 is 1.00 bits per heavy atom. The van der Waals surface area contributed by atoms with E-state index in [2.05, 4.69) is 0 Å². The zero-order valence-corrected chi connectivity index (χ0v) is 15.2. The van der Waals surface area contributed by atoms with Crippen LogP contribution in [0.15, 0.2) is 78.9 Å². The van der Waals surface area contributed by atoms with Crippen molar-refractivity contribution in [1.82, 2.24) is 0 Å². The number of anilines is 2. The molecule has 136 valence electrons. The number of hydrogen-bond donors (Lipinski definition) is 0. The zero-order chi connectivity index (χ0) is 18.6. The summed E-state index contributed by atoms with van der Waals surface area (Å²) in [5.41, 5.74) is 3.34. The quantitative estimate of drug-likeness (QED) is 0.597. The number of para-hydroxylation sites is 1. The third-order valence-electron chi connectivity index (χ3n) is 4.43. The summed E-state index contributed by atoms with van der Waals surface area (Å²) in [5.74, 6) is 0.643. The van der Waals surface area contributed by atoms with E-state index >= 15 is 0 Å². The van der Waals surface area contributed by atoms with Gasteiger partial charge in [-0.1, -0.05) is 42.0 Å². The lowest BCUT2D eigenvalue weighted by atomic mass is 10.1. The fraction of sp³-hybridized carbons (Fsp3) is 0.174. The van der Waals surface area contributed by atoms with E-state index in [9.17, 15) is 4.79 Å². The Hall–Kier alpha value is -3.11. The highest BCUT2D eigenvalue weighted by Crippen LogP contribution is 2.30. The summed E-state index contributed by atoms with van der Waals surface area (Å²) in [6, 6.07) is 24.9. The molecule has 1 atom stereocenters. The first-order chi connectivity index (χ1) is 13.2. The van der Waals surface area contributed by atoms with Gasteiger partial charge in [-0.3, -0.25) is 9.69 Å². The van der Waals surface area contributed by atoms with Crippen LogP contribution >= 0.6 is 0 Å². The van der Waals surface area contributed by atoms with Crippen molar-refractivity contribution in [2.45, 2.75) is 13.0 Å². The summed E-state index contributed by atoms with van der Waals surface area (Å²) < 4.78 is 11.0.